The summed E-state index contributed by atoms with van der Waals surface area (Å²) in [6.07, 6.45) is 1.51. The van der Waals surface area contributed by atoms with E-state index in [4.69, 9.17) is 9.47 Å². The first-order chi connectivity index (χ1) is 14.4. The van der Waals surface area contributed by atoms with Crippen LogP contribution in [0.5, 0.6) is 5.75 Å². The van der Waals surface area contributed by atoms with E-state index < -0.39 is 29.6 Å². The van der Waals surface area contributed by atoms with E-state index in [1.165, 1.54) is 6.08 Å². The molecule has 0 spiro atoms. The first kappa shape index (κ1) is 22.0. The number of benzene rings is 2. The molecule has 0 saturated carbocycles. The molecule has 3 rings (SSSR count). The Morgan fingerprint density at radius 1 is 1.13 bits per heavy atom. The van der Waals surface area contributed by atoms with Crippen molar-refractivity contribution in [2.75, 3.05) is 13.2 Å². The van der Waals surface area contributed by atoms with Gasteiger partial charge in [-0.15, -0.1) is 0 Å². The molecular formula is C21H16INO6S. The molecule has 30 heavy (non-hydrogen) atoms. The Kier molecular flexibility index (Phi) is 7.27. The van der Waals surface area contributed by atoms with Crippen LogP contribution in [0.3, 0.4) is 0 Å². The smallest absolute Gasteiger partial charge is 0.344 e. The summed E-state index contributed by atoms with van der Waals surface area (Å²) in [7, 11) is 0. The van der Waals surface area contributed by atoms with Crippen molar-refractivity contribution in [1.82, 2.24) is 4.90 Å². The molecule has 0 bridgehead atoms. The summed E-state index contributed by atoms with van der Waals surface area (Å²) in [5, 5.41) is -0.541. The van der Waals surface area contributed by atoms with Gasteiger partial charge in [0.1, 0.15) is 12.3 Å². The molecule has 9 heteroatoms. The van der Waals surface area contributed by atoms with E-state index in [1.807, 2.05) is 6.07 Å². The number of carbonyl (C=O) groups is 4. The van der Waals surface area contributed by atoms with Crippen LogP contribution in [0, 0.1) is 3.57 Å². The lowest BCUT2D eigenvalue weighted by atomic mass is 10.2. The van der Waals surface area contributed by atoms with Crippen LogP contribution in [0.25, 0.3) is 6.08 Å². The van der Waals surface area contributed by atoms with E-state index in [9.17, 15) is 19.2 Å². The fourth-order valence-corrected chi connectivity index (χ4v) is 4.03. The molecule has 2 amide bonds. The third kappa shape index (κ3) is 5.28. The maximum absolute atomic E-state index is 12.5. The van der Waals surface area contributed by atoms with Crippen molar-refractivity contribution in [3.05, 3.63) is 68.1 Å². The average molecular weight is 537 g/mol. The molecule has 0 aromatic heterocycles. The molecule has 154 valence electrons. The number of thioether (sulfide) groups is 1. The second-order valence-corrected chi connectivity index (χ2v) is 8.17. The molecule has 1 heterocycles. The minimum Gasteiger partial charge on any atom is -0.465 e. The van der Waals surface area contributed by atoms with Crippen molar-refractivity contribution >= 4 is 63.5 Å². The fourth-order valence-electron chi connectivity index (χ4n) is 2.58. The van der Waals surface area contributed by atoms with Gasteiger partial charge in [-0.05, 0) is 77.2 Å². The minimum atomic E-state index is -0.648. The van der Waals surface area contributed by atoms with Gasteiger partial charge >= 0.3 is 11.9 Å². The molecule has 0 unspecified atom stereocenters. The molecule has 1 fully saturated rings. The summed E-state index contributed by atoms with van der Waals surface area (Å²) in [5.41, 5.74) is 1.02. The predicted octanol–water partition coefficient (Wildman–Crippen LogP) is 4.11. The summed E-state index contributed by atoms with van der Waals surface area (Å²) < 4.78 is 11.0. The number of nitrogens with zero attached hydrogens (tertiary/aromatic N) is 1. The topological polar surface area (TPSA) is 90.0 Å². The van der Waals surface area contributed by atoms with Crippen LogP contribution in [0.15, 0.2) is 53.4 Å². The second-order valence-electron chi connectivity index (χ2n) is 6.01. The molecule has 1 aliphatic heterocycles. The highest BCUT2D eigenvalue weighted by molar-refractivity contribution is 14.1. The molecule has 2 aromatic rings. The number of hydrogen-bond acceptors (Lipinski definition) is 7. The van der Waals surface area contributed by atoms with Gasteiger partial charge in [-0.25, -0.2) is 4.79 Å². The van der Waals surface area contributed by atoms with Crippen LogP contribution in [-0.4, -0.2) is 41.1 Å². The third-order valence-corrected chi connectivity index (χ3v) is 5.77. The van der Waals surface area contributed by atoms with Crippen LogP contribution < -0.4 is 4.74 Å². The second kappa shape index (κ2) is 9.90. The lowest BCUT2D eigenvalue weighted by Gasteiger charge is -2.10. The van der Waals surface area contributed by atoms with E-state index >= 15 is 0 Å². The van der Waals surface area contributed by atoms with Crippen LogP contribution in [0.1, 0.15) is 22.8 Å². The van der Waals surface area contributed by atoms with Crippen LogP contribution in [-0.2, 0) is 14.3 Å². The Balaban J connectivity index is 1.74. The number of rotatable bonds is 6. The standard InChI is InChI=1S/C21H16INO6S/c1-2-28-18(24)12-23-19(25)17(30-21(23)27)11-13-6-5-7-14(10-13)29-20(26)15-8-3-4-9-16(15)22/h3-11H,2,12H2,1H3/b17-11-. The third-order valence-electron chi connectivity index (χ3n) is 3.93. The maximum Gasteiger partial charge on any atom is 0.344 e. The highest BCUT2D eigenvalue weighted by Gasteiger charge is 2.36. The summed E-state index contributed by atoms with van der Waals surface area (Å²) >= 11 is 2.79. The van der Waals surface area contributed by atoms with Gasteiger partial charge in [0.05, 0.1) is 17.1 Å². The maximum atomic E-state index is 12.5. The van der Waals surface area contributed by atoms with Gasteiger partial charge in [0, 0.05) is 3.57 Å². The van der Waals surface area contributed by atoms with Crippen molar-refractivity contribution in [2.24, 2.45) is 0 Å². The van der Waals surface area contributed by atoms with Crippen molar-refractivity contribution < 1.29 is 28.7 Å². The Hall–Kier alpha value is -2.66. The Morgan fingerprint density at radius 3 is 2.63 bits per heavy atom. The highest BCUT2D eigenvalue weighted by Crippen LogP contribution is 2.32. The van der Waals surface area contributed by atoms with Gasteiger partial charge < -0.3 is 9.47 Å². The van der Waals surface area contributed by atoms with Crippen LogP contribution in [0.2, 0.25) is 0 Å². The molecule has 0 radical (unpaired) electrons. The molecule has 2 aromatic carbocycles. The fraction of sp³-hybridized carbons (Fsp3) is 0.143. The molecule has 0 N–H and O–H groups in total. The minimum absolute atomic E-state index is 0.165. The molecule has 0 atom stereocenters. The van der Waals surface area contributed by atoms with Gasteiger partial charge in [-0.3, -0.25) is 19.3 Å². The summed E-state index contributed by atoms with van der Waals surface area (Å²) in [6, 6.07) is 13.7. The number of esters is 2. The Bertz CT molecular complexity index is 1050. The molecule has 7 nitrogen and oxygen atoms in total. The first-order valence-electron chi connectivity index (χ1n) is 8.86. The molecule has 1 aliphatic rings. The van der Waals surface area contributed by atoms with Crippen molar-refractivity contribution in [2.45, 2.75) is 6.92 Å². The quantitative estimate of drug-likeness (QED) is 0.237. The SMILES string of the molecule is CCOC(=O)CN1C(=O)S/C(=C\c2cccc(OC(=O)c3ccccc3I)c2)C1=O. The predicted molar refractivity (Wildman–Crippen MR) is 120 cm³/mol. The zero-order chi connectivity index (χ0) is 21.7. The zero-order valence-electron chi connectivity index (χ0n) is 15.8. The number of imide groups is 1. The summed E-state index contributed by atoms with van der Waals surface area (Å²) in [6.45, 7) is 1.38. The number of amides is 2. The van der Waals surface area contributed by atoms with Crippen molar-refractivity contribution in [3.8, 4) is 5.75 Å². The van der Waals surface area contributed by atoms with Gasteiger partial charge in [0.2, 0.25) is 0 Å². The number of carbonyl (C=O) groups excluding carboxylic acids is 4. The van der Waals surface area contributed by atoms with E-state index in [1.54, 1.807) is 49.4 Å². The molecular weight excluding hydrogens is 521 g/mol. The van der Waals surface area contributed by atoms with Gasteiger partial charge in [0.25, 0.3) is 11.1 Å². The van der Waals surface area contributed by atoms with Crippen molar-refractivity contribution in [1.29, 1.82) is 0 Å². The van der Waals surface area contributed by atoms with Crippen LogP contribution >= 0.6 is 34.4 Å². The lowest BCUT2D eigenvalue weighted by Crippen LogP contribution is -2.34. The van der Waals surface area contributed by atoms with E-state index in [2.05, 4.69) is 22.6 Å². The van der Waals surface area contributed by atoms with Crippen LogP contribution in [0.4, 0.5) is 4.79 Å². The first-order valence-corrected chi connectivity index (χ1v) is 10.8. The van der Waals surface area contributed by atoms with E-state index in [0.717, 1.165) is 20.2 Å². The highest BCUT2D eigenvalue weighted by atomic mass is 127. The summed E-state index contributed by atoms with van der Waals surface area (Å²) in [5.74, 6) is -1.41. The Labute approximate surface area is 190 Å². The average Bonchev–Trinajstić information content (AvgIpc) is 2.96. The van der Waals surface area contributed by atoms with E-state index in [0.29, 0.717) is 16.9 Å². The molecule has 1 saturated heterocycles. The van der Waals surface area contributed by atoms with E-state index in [-0.39, 0.29) is 11.5 Å². The van der Waals surface area contributed by atoms with Gasteiger partial charge in [-0.1, -0.05) is 24.3 Å². The van der Waals surface area contributed by atoms with Gasteiger partial charge in [-0.2, -0.15) is 0 Å². The summed E-state index contributed by atoms with van der Waals surface area (Å²) in [4.78, 5) is 49.5. The Morgan fingerprint density at radius 2 is 1.90 bits per heavy atom. The largest absolute Gasteiger partial charge is 0.465 e. The lowest BCUT2D eigenvalue weighted by molar-refractivity contribution is -0.145. The van der Waals surface area contributed by atoms with Gasteiger partial charge in [0.15, 0.2) is 0 Å². The molecule has 0 aliphatic carbocycles. The number of hydrogen-bond donors (Lipinski definition) is 0. The normalized spacial score (nSPS) is 14.9. The number of halogens is 1. The monoisotopic (exact) mass is 537 g/mol. The number of ether oxygens (including phenoxy) is 2. The van der Waals surface area contributed by atoms with Crippen molar-refractivity contribution in [3.63, 3.8) is 0 Å². The zero-order valence-corrected chi connectivity index (χ0v) is 18.8.